The number of halogens is 2. The minimum Gasteiger partial charge on any atom is -0.478 e. The Hall–Kier alpha value is -1.01. The average Bonchev–Trinajstić information content (AvgIpc) is 2.02. The fourth-order valence-electron chi connectivity index (χ4n) is 0.909. The van der Waals surface area contributed by atoms with Gasteiger partial charge in [-0.1, -0.05) is 6.58 Å². The second kappa shape index (κ2) is 6.44. The second-order valence-corrected chi connectivity index (χ2v) is 2.76. The van der Waals surface area contributed by atoms with Gasteiger partial charge in [0.2, 0.25) is 0 Å². The molecule has 0 aromatic carbocycles. The number of aliphatic hydroxyl groups excluding tert-OH is 1. The number of carboxylic acid groups (broad SMARTS) is 1. The number of carboxylic acids is 1. The summed E-state index contributed by atoms with van der Waals surface area (Å²) in [5.41, 5.74) is -0.167. The molecule has 0 fully saturated rings. The molecule has 4 nitrogen and oxygen atoms in total. The molecule has 0 aromatic heterocycles. The first-order valence-corrected chi connectivity index (χ1v) is 3.99. The van der Waals surface area contributed by atoms with E-state index in [-0.39, 0.29) is 25.3 Å². The van der Waals surface area contributed by atoms with Crippen molar-refractivity contribution in [2.24, 2.45) is 0 Å². The molecular formula is C8H13F2NO3. The van der Waals surface area contributed by atoms with Crippen LogP contribution in [0.2, 0.25) is 0 Å². The first kappa shape index (κ1) is 13.0. The molecule has 0 spiro atoms. The van der Waals surface area contributed by atoms with Gasteiger partial charge in [0.05, 0.1) is 13.2 Å². The standard InChI is InChI=1S/C8H13F2NO3/c1-6(8(13)14)4-11(2-3-12)5-7(9)10/h7,12H,1-5H2,(H,13,14). The van der Waals surface area contributed by atoms with E-state index in [4.69, 9.17) is 10.2 Å². The van der Waals surface area contributed by atoms with E-state index in [1.165, 1.54) is 0 Å². The van der Waals surface area contributed by atoms with Crippen molar-refractivity contribution < 1.29 is 23.8 Å². The molecule has 0 atom stereocenters. The largest absolute Gasteiger partial charge is 0.478 e. The molecule has 0 aliphatic rings. The second-order valence-electron chi connectivity index (χ2n) is 2.76. The van der Waals surface area contributed by atoms with Crippen LogP contribution >= 0.6 is 0 Å². The first-order valence-electron chi connectivity index (χ1n) is 3.99. The SMILES string of the molecule is C=C(CN(CCO)CC(F)F)C(=O)O. The highest BCUT2D eigenvalue weighted by Crippen LogP contribution is 2.01. The highest BCUT2D eigenvalue weighted by atomic mass is 19.3. The van der Waals surface area contributed by atoms with E-state index in [0.717, 1.165) is 4.90 Å². The van der Waals surface area contributed by atoms with E-state index in [0.29, 0.717) is 0 Å². The van der Waals surface area contributed by atoms with E-state index in [9.17, 15) is 13.6 Å². The first-order chi connectivity index (χ1) is 6.47. The number of nitrogens with zero attached hydrogens (tertiary/aromatic N) is 1. The molecule has 0 bridgehead atoms. The Labute approximate surface area is 80.4 Å². The highest BCUT2D eigenvalue weighted by molar-refractivity contribution is 5.86. The highest BCUT2D eigenvalue weighted by Gasteiger charge is 2.14. The maximum atomic E-state index is 12.0. The lowest BCUT2D eigenvalue weighted by atomic mass is 10.3. The van der Waals surface area contributed by atoms with Gasteiger partial charge in [0.25, 0.3) is 6.43 Å². The maximum Gasteiger partial charge on any atom is 0.332 e. The van der Waals surface area contributed by atoms with E-state index in [1.54, 1.807) is 0 Å². The molecule has 0 aromatic rings. The Morgan fingerprint density at radius 3 is 2.43 bits per heavy atom. The van der Waals surface area contributed by atoms with Gasteiger partial charge < -0.3 is 10.2 Å². The van der Waals surface area contributed by atoms with Crippen LogP contribution in [0.5, 0.6) is 0 Å². The molecule has 14 heavy (non-hydrogen) atoms. The van der Waals surface area contributed by atoms with Gasteiger partial charge >= 0.3 is 5.97 Å². The summed E-state index contributed by atoms with van der Waals surface area (Å²) in [6.07, 6.45) is -2.55. The molecule has 0 aliphatic carbocycles. The van der Waals surface area contributed by atoms with Gasteiger partial charge in [-0.05, 0) is 0 Å². The number of hydrogen-bond donors (Lipinski definition) is 2. The Kier molecular flexibility index (Phi) is 5.98. The third kappa shape index (κ3) is 5.60. The van der Waals surface area contributed by atoms with Crippen LogP contribution in [0.25, 0.3) is 0 Å². The molecule has 2 N–H and O–H groups in total. The van der Waals surface area contributed by atoms with Gasteiger partial charge in [0, 0.05) is 18.7 Å². The van der Waals surface area contributed by atoms with Gasteiger partial charge in [-0.2, -0.15) is 0 Å². The van der Waals surface area contributed by atoms with Gasteiger partial charge in [-0.15, -0.1) is 0 Å². The number of aliphatic hydroxyl groups is 1. The molecule has 6 heteroatoms. The summed E-state index contributed by atoms with van der Waals surface area (Å²) in [5, 5.41) is 17.0. The fourth-order valence-corrected chi connectivity index (χ4v) is 0.909. The Bertz CT molecular complexity index is 209. The van der Waals surface area contributed by atoms with Crippen molar-refractivity contribution in [3.05, 3.63) is 12.2 Å². The lowest BCUT2D eigenvalue weighted by Crippen LogP contribution is -2.34. The molecule has 0 unspecified atom stereocenters. The van der Waals surface area contributed by atoms with Crippen molar-refractivity contribution in [1.29, 1.82) is 0 Å². The van der Waals surface area contributed by atoms with E-state index in [1.807, 2.05) is 0 Å². The quantitative estimate of drug-likeness (QED) is 0.587. The fraction of sp³-hybridized carbons (Fsp3) is 0.625. The zero-order valence-corrected chi connectivity index (χ0v) is 7.62. The molecule has 0 heterocycles. The Morgan fingerprint density at radius 1 is 1.50 bits per heavy atom. The van der Waals surface area contributed by atoms with Gasteiger partial charge in [0.1, 0.15) is 0 Å². The molecular weight excluding hydrogens is 196 g/mol. The van der Waals surface area contributed by atoms with Crippen molar-refractivity contribution in [1.82, 2.24) is 4.90 Å². The van der Waals surface area contributed by atoms with Gasteiger partial charge in [0.15, 0.2) is 0 Å². The van der Waals surface area contributed by atoms with Crippen LogP contribution in [0.1, 0.15) is 0 Å². The maximum absolute atomic E-state index is 12.0. The Morgan fingerprint density at radius 2 is 2.07 bits per heavy atom. The zero-order chi connectivity index (χ0) is 11.1. The van der Waals surface area contributed by atoms with Gasteiger partial charge in [-0.25, -0.2) is 13.6 Å². The molecule has 0 amide bonds. The summed E-state index contributed by atoms with van der Waals surface area (Å²) >= 11 is 0. The summed E-state index contributed by atoms with van der Waals surface area (Å²) in [6, 6.07) is 0. The van der Waals surface area contributed by atoms with Crippen LogP contribution in [0.15, 0.2) is 12.2 Å². The third-order valence-electron chi connectivity index (χ3n) is 1.53. The molecule has 0 saturated carbocycles. The molecule has 82 valence electrons. The predicted molar refractivity (Wildman–Crippen MR) is 46.3 cm³/mol. The van der Waals surface area contributed by atoms with Crippen LogP contribution in [0.4, 0.5) is 8.78 Å². The molecule has 0 aliphatic heterocycles. The summed E-state index contributed by atoms with van der Waals surface area (Å²) in [7, 11) is 0. The normalized spacial score (nSPS) is 10.9. The summed E-state index contributed by atoms with van der Waals surface area (Å²) < 4.78 is 23.9. The summed E-state index contributed by atoms with van der Waals surface area (Å²) in [6.45, 7) is 2.21. The van der Waals surface area contributed by atoms with Crippen LogP contribution in [0.3, 0.4) is 0 Å². The summed E-state index contributed by atoms with van der Waals surface area (Å²) in [4.78, 5) is 11.5. The monoisotopic (exact) mass is 209 g/mol. The topological polar surface area (TPSA) is 60.8 Å². The van der Waals surface area contributed by atoms with E-state index >= 15 is 0 Å². The van der Waals surface area contributed by atoms with E-state index < -0.39 is 18.9 Å². The number of hydrogen-bond acceptors (Lipinski definition) is 3. The smallest absolute Gasteiger partial charge is 0.332 e. The molecule has 0 saturated heterocycles. The van der Waals surface area contributed by atoms with Crippen molar-refractivity contribution in [2.75, 3.05) is 26.2 Å². The lowest BCUT2D eigenvalue weighted by Gasteiger charge is -2.20. The van der Waals surface area contributed by atoms with Crippen molar-refractivity contribution in [3.63, 3.8) is 0 Å². The van der Waals surface area contributed by atoms with Crippen LogP contribution < -0.4 is 0 Å². The minimum atomic E-state index is -2.55. The molecule has 0 radical (unpaired) electrons. The third-order valence-corrected chi connectivity index (χ3v) is 1.53. The number of alkyl halides is 2. The van der Waals surface area contributed by atoms with Crippen molar-refractivity contribution in [3.8, 4) is 0 Å². The van der Waals surface area contributed by atoms with Gasteiger partial charge in [-0.3, -0.25) is 4.90 Å². The van der Waals surface area contributed by atoms with Crippen LogP contribution in [0, 0.1) is 0 Å². The lowest BCUT2D eigenvalue weighted by molar-refractivity contribution is -0.133. The van der Waals surface area contributed by atoms with Crippen LogP contribution in [-0.2, 0) is 4.79 Å². The number of rotatable bonds is 7. The van der Waals surface area contributed by atoms with Crippen molar-refractivity contribution >= 4 is 5.97 Å². The van der Waals surface area contributed by atoms with E-state index in [2.05, 4.69) is 6.58 Å². The predicted octanol–water partition coefficient (Wildman–Crippen LogP) is 0.187. The Balaban J connectivity index is 4.08. The van der Waals surface area contributed by atoms with Crippen LogP contribution in [-0.4, -0.2) is 53.7 Å². The zero-order valence-electron chi connectivity index (χ0n) is 7.62. The minimum absolute atomic E-state index is 0.0106. The van der Waals surface area contributed by atoms with Crippen molar-refractivity contribution in [2.45, 2.75) is 6.43 Å². The summed E-state index contributed by atoms with van der Waals surface area (Å²) in [5.74, 6) is -1.22. The average molecular weight is 209 g/mol. The number of aliphatic carboxylic acids is 1. The number of carbonyl (C=O) groups is 1. The molecule has 0 rings (SSSR count).